The van der Waals surface area contributed by atoms with Crippen LogP contribution in [0, 0.1) is 6.92 Å². The van der Waals surface area contributed by atoms with Gasteiger partial charge in [-0.05, 0) is 50.6 Å². The average Bonchev–Trinajstić information content (AvgIpc) is 3.26. The van der Waals surface area contributed by atoms with E-state index in [1.807, 2.05) is 97.0 Å². The van der Waals surface area contributed by atoms with E-state index in [4.69, 9.17) is 11.6 Å². The summed E-state index contributed by atoms with van der Waals surface area (Å²) in [5.41, 5.74) is 4.66. The highest BCUT2D eigenvalue weighted by Crippen LogP contribution is 2.25. The number of aromatic nitrogens is 3. The fourth-order valence-electron chi connectivity index (χ4n) is 3.37. The normalized spacial score (nSPS) is 11.7. The van der Waals surface area contributed by atoms with Gasteiger partial charge in [0.2, 0.25) is 4.80 Å². The number of para-hydroxylation sites is 1. The topological polar surface area (TPSA) is 56.6 Å². The predicted molar refractivity (Wildman–Crippen MR) is 128 cm³/mol. The first-order valence-electron chi connectivity index (χ1n) is 9.74. The van der Waals surface area contributed by atoms with Crippen molar-refractivity contribution in [1.29, 1.82) is 0 Å². The molecule has 4 aromatic rings. The second-order valence-electron chi connectivity index (χ2n) is 7.30. The molecule has 0 aliphatic heterocycles. The maximum atomic E-state index is 13.7. The van der Waals surface area contributed by atoms with Crippen molar-refractivity contribution < 1.29 is 0 Å². The summed E-state index contributed by atoms with van der Waals surface area (Å²) in [4.78, 5) is 14.3. The van der Waals surface area contributed by atoms with E-state index < -0.39 is 0 Å². The Labute approximate surface area is 189 Å². The van der Waals surface area contributed by atoms with Gasteiger partial charge in [0.15, 0.2) is 0 Å². The van der Waals surface area contributed by atoms with E-state index in [0.717, 1.165) is 28.4 Å². The van der Waals surface area contributed by atoms with Crippen molar-refractivity contribution in [2.75, 3.05) is 0 Å². The Morgan fingerprint density at radius 3 is 2.35 bits per heavy atom. The minimum absolute atomic E-state index is 0.126. The molecule has 0 radical (unpaired) electrons. The van der Waals surface area contributed by atoms with Crippen LogP contribution in [0.4, 0.5) is 0 Å². The lowest BCUT2D eigenvalue weighted by Gasteiger charge is -2.08. The van der Waals surface area contributed by atoms with Crippen molar-refractivity contribution in [3.63, 3.8) is 0 Å². The van der Waals surface area contributed by atoms with Gasteiger partial charge in [-0.3, -0.25) is 14.0 Å². The molecule has 0 saturated carbocycles. The highest BCUT2D eigenvalue weighted by atomic mass is 35.5. The summed E-state index contributed by atoms with van der Waals surface area (Å²) in [5, 5.41) is 11.3. The number of hydrogen-bond donors (Lipinski definition) is 0. The summed E-state index contributed by atoms with van der Waals surface area (Å²) < 4.78 is 5.41. The molecule has 2 aromatic carbocycles. The molecule has 4 rings (SSSR count). The smallest absolute Gasteiger partial charge is 0.283 e. The fourth-order valence-corrected chi connectivity index (χ4v) is 4.34. The molecule has 0 bridgehead atoms. The van der Waals surface area contributed by atoms with Gasteiger partial charge >= 0.3 is 0 Å². The molecule has 0 saturated heterocycles. The zero-order chi connectivity index (χ0) is 22.1. The van der Waals surface area contributed by atoms with Crippen LogP contribution in [0.3, 0.4) is 0 Å². The van der Waals surface area contributed by atoms with Gasteiger partial charge in [-0.15, -0.1) is 16.4 Å². The van der Waals surface area contributed by atoms with Crippen molar-refractivity contribution in [3.8, 4) is 22.6 Å². The van der Waals surface area contributed by atoms with Crippen LogP contribution in [-0.4, -0.2) is 19.6 Å². The van der Waals surface area contributed by atoms with E-state index in [-0.39, 0.29) is 5.56 Å². The first-order valence-corrected chi connectivity index (χ1v) is 11.0. The Bertz CT molecular complexity index is 1380. The van der Waals surface area contributed by atoms with Crippen molar-refractivity contribution in [2.45, 2.75) is 20.8 Å². The molecule has 2 aromatic heterocycles. The lowest BCUT2D eigenvalue weighted by molar-refractivity contribution is 0.630. The molecule has 0 unspecified atom stereocenters. The van der Waals surface area contributed by atoms with Crippen molar-refractivity contribution >= 4 is 28.6 Å². The molecule has 0 atom stereocenters. The summed E-state index contributed by atoms with van der Waals surface area (Å²) >= 11 is 7.53. The summed E-state index contributed by atoms with van der Waals surface area (Å²) in [5.74, 6) is 0. The molecule has 0 fully saturated rings. The van der Waals surface area contributed by atoms with Gasteiger partial charge in [0.1, 0.15) is 5.69 Å². The lowest BCUT2D eigenvalue weighted by Crippen LogP contribution is -2.24. The molecule has 0 amide bonds. The Balaban J connectivity index is 2.05. The van der Waals surface area contributed by atoms with E-state index >= 15 is 0 Å². The Morgan fingerprint density at radius 2 is 1.71 bits per heavy atom. The molecule has 31 heavy (non-hydrogen) atoms. The van der Waals surface area contributed by atoms with Crippen LogP contribution in [0.2, 0.25) is 5.02 Å². The van der Waals surface area contributed by atoms with E-state index in [9.17, 15) is 4.79 Å². The van der Waals surface area contributed by atoms with Gasteiger partial charge < -0.3 is 0 Å². The van der Waals surface area contributed by atoms with E-state index in [1.165, 1.54) is 11.3 Å². The minimum Gasteiger partial charge on any atom is -0.283 e. The van der Waals surface area contributed by atoms with Crippen LogP contribution in [-0.2, 0) is 7.05 Å². The zero-order valence-electron chi connectivity index (χ0n) is 17.7. The molecule has 158 valence electrons. The maximum Gasteiger partial charge on any atom is 0.296 e. The van der Waals surface area contributed by atoms with Gasteiger partial charge in [0.05, 0.1) is 17.1 Å². The van der Waals surface area contributed by atoms with Gasteiger partial charge in [-0.2, -0.15) is 5.10 Å². The van der Waals surface area contributed by atoms with Gasteiger partial charge in [0, 0.05) is 23.2 Å². The molecule has 0 N–H and O–H groups in total. The number of halogens is 1. The Kier molecular flexibility index (Phi) is 5.80. The molecular formula is C23H22ClN5OS. The molecule has 6 nitrogen and oxygen atoms in total. The SMILES string of the molecule is CC(C)=N/N=c1\scc(-c2ccc(Cl)cc2)n1-c1c(C)n(C)n(-c2ccccc2)c1=O. The fraction of sp³-hybridized carbons (Fsp3) is 0.174. The average molecular weight is 452 g/mol. The van der Waals surface area contributed by atoms with Crippen molar-refractivity contribution in [1.82, 2.24) is 13.9 Å². The van der Waals surface area contributed by atoms with Crippen LogP contribution < -0.4 is 10.4 Å². The number of benzene rings is 2. The van der Waals surface area contributed by atoms with Crippen molar-refractivity contribution in [2.24, 2.45) is 17.3 Å². The number of nitrogens with zero attached hydrogens (tertiary/aromatic N) is 5. The molecule has 0 aliphatic rings. The summed E-state index contributed by atoms with van der Waals surface area (Å²) in [7, 11) is 1.88. The molecule has 8 heteroatoms. The third kappa shape index (κ3) is 3.94. The predicted octanol–water partition coefficient (Wildman–Crippen LogP) is 4.95. The van der Waals surface area contributed by atoms with Crippen LogP contribution >= 0.6 is 22.9 Å². The van der Waals surface area contributed by atoms with E-state index in [0.29, 0.717) is 15.5 Å². The maximum absolute atomic E-state index is 13.7. The highest BCUT2D eigenvalue weighted by molar-refractivity contribution is 7.07. The summed E-state index contributed by atoms with van der Waals surface area (Å²) in [6, 6.07) is 17.1. The molecule has 2 heterocycles. The van der Waals surface area contributed by atoms with Crippen LogP contribution in [0.1, 0.15) is 19.5 Å². The number of thiazole rings is 1. The lowest BCUT2D eigenvalue weighted by atomic mass is 10.1. The molecular weight excluding hydrogens is 430 g/mol. The van der Waals surface area contributed by atoms with Gasteiger partial charge in [-0.1, -0.05) is 41.9 Å². The highest BCUT2D eigenvalue weighted by Gasteiger charge is 2.22. The molecule has 0 aliphatic carbocycles. The minimum atomic E-state index is -0.126. The monoisotopic (exact) mass is 451 g/mol. The standard InChI is InChI=1S/C23H22ClN5OS/c1-15(2)25-26-23-28(20(14-31-23)17-10-12-18(24)13-11-17)21-16(3)27(4)29(22(21)30)19-8-6-5-7-9-19/h5-14H,1-4H3/b26-23-. The molecule has 0 spiro atoms. The largest absolute Gasteiger partial charge is 0.296 e. The van der Waals surface area contributed by atoms with Gasteiger partial charge in [-0.25, -0.2) is 4.68 Å². The number of hydrogen-bond acceptors (Lipinski definition) is 4. The van der Waals surface area contributed by atoms with Gasteiger partial charge in [0.25, 0.3) is 5.56 Å². The van der Waals surface area contributed by atoms with Crippen molar-refractivity contribution in [3.05, 3.63) is 85.8 Å². The third-order valence-corrected chi connectivity index (χ3v) is 6.00. The van der Waals surface area contributed by atoms with E-state index in [2.05, 4.69) is 10.2 Å². The van der Waals surface area contributed by atoms with Crippen LogP contribution in [0.5, 0.6) is 0 Å². The summed E-state index contributed by atoms with van der Waals surface area (Å²) in [6.45, 7) is 5.71. The first kappa shape index (κ1) is 21.1. The zero-order valence-corrected chi connectivity index (χ0v) is 19.3. The van der Waals surface area contributed by atoms with Crippen LogP contribution in [0.25, 0.3) is 22.6 Å². The van der Waals surface area contributed by atoms with E-state index in [1.54, 1.807) is 4.68 Å². The third-order valence-electron chi connectivity index (χ3n) is 4.93. The number of rotatable bonds is 4. The Morgan fingerprint density at radius 1 is 1.03 bits per heavy atom. The van der Waals surface area contributed by atoms with Crippen LogP contribution in [0.15, 0.2) is 75.0 Å². The quantitative estimate of drug-likeness (QED) is 0.320. The second kappa shape index (κ2) is 8.53. The Hall–Kier alpha value is -3.16. The second-order valence-corrected chi connectivity index (χ2v) is 8.58. The first-order chi connectivity index (χ1) is 14.9. The summed E-state index contributed by atoms with van der Waals surface area (Å²) in [6.07, 6.45) is 0.